The van der Waals surface area contributed by atoms with Gasteiger partial charge in [0.25, 0.3) is 5.91 Å². The van der Waals surface area contributed by atoms with Gasteiger partial charge in [0.05, 0.1) is 4.90 Å². The number of nitrogens with one attached hydrogen (secondary N) is 1. The first kappa shape index (κ1) is 20.8. The summed E-state index contributed by atoms with van der Waals surface area (Å²) in [5.74, 6) is -0.318. The van der Waals surface area contributed by atoms with Gasteiger partial charge in [-0.2, -0.15) is 4.31 Å². The molecule has 0 radical (unpaired) electrons. The van der Waals surface area contributed by atoms with E-state index >= 15 is 0 Å². The summed E-state index contributed by atoms with van der Waals surface area (Å²) in [5, 5.41) is 3.41. The van der Waals surface area contributed by atoms with Crippen LogP contribution in [-0.4, -0.2) is 31.2 Å². The Hall–Kier alpha value is -1.89. The summed E-state index contributed by atoms with van der Waals surface area (Å²) in [7, 11) is -3.63. The Morgan fingerprint density at radius 3 is 2.68 bits per heavy atom. The van der Waals surface area contributed by atoms with E-state index in [-0.39, 0.29) is 23.4 Å². The van der Waals surface area contributed by atoms with E-state index in [1.165, 1.54) is 6.07 Å². The van der Waals surface area contributed by atoms with Gasteiger partial charge in [-0.25, -0.2) is 8.42 Å². The average molecular weight is 421 g/mol. The van der Waals surface area contributed by atoms with Crippen LogP contribution in [-0.2, 0) is 16.6 Å². The summed E-state index contributed by atoms with van der Waals surface area (Å²) in [5.41, 5.74) is 1.89. The van der Waals surface area contributed by atoms with Gasteiger partial charge in [0, 0.05) is 29.7 Å². The monoisotopic (exact) mass is 420 g/mol. The third-order valence-electron chi connectivity index (χ3n) is 5.20. The first-order valence-corrected chi connectivity index (χ1v) is 11.3. The van der Waals surface area contributed by atoms with Crippen LogP contribution in [0.4, 0.5) is 0 Å². The molecule has 5 nitrogen and oxygen atoms in total. The fourth-order valence-corrected chi connectivity index (χ4v) is 5.41. The molecule has 1 saturated heterocycles. The van der Waals surface area contributed by atoms with Gasteiger partial charge in [0.1, 0.15) is 0 Å². The zero-order valence-electron chi connectivity index (χ0n) is 16.1. The summed E-state index contributed by atoms with van der Waals surface area (Å²) in [6, 6.07) is 12.0. The minimum absolute atomic E-state index is 0.0300. The largest absolute Gasteiger partial charge is 0.348 e. The van der Waals surface area contributed by atoms with E-state index in [1.54, 1.807) is 29.4 Å². The zero-order valence-corrected chi connectivity index (χ0v) is 17.7. The topological polar surface area (TPSA) is 66.5 Å². The highest BCUT2D eigenvalue weighted by Gasteiger charge is 2.31. The Balaban J connectivity index is 1.83. The van der Waals surface area contributed by atoms with Gasteiger partial charge in [0.15, 0.2) is 0 Å². The fourth-order valence-electron chi connectivity index (χ4n) is 3.48. The lowest BCUT2D eigenvalue weighted by atomic mass is 10.1. The maximum absolute atomic E-state index is 13.1. The molecule has 1 heterocycles. The van der Waals surface area contributed by atoms with Gasteiger partial charge >= 0.3 is 0 Å². The molecule has 0 bridgehead atoms. The number of amides is 1. The molecule has 2 aromatic rings. The molecule has 1 amide bonds. The van der Waals surface area contributed by atoms with Crippen molar-refractivity contribution < 1.29 is 13.2 Å². The first-order chi connectivity index (χ1) is 13.3. The molecule has 150 valence electrons. The van der Waals surface area contributed by atoms with Gasteiger partial charge in [-0.3, -0.25) is 4.79 Å². The Bertz CT molecular complexity index is 975. The van der Waals surface area contributed by atoms with Crippen molar-refractivity contribution in [2.24, 2.45) is 0 Å². The molecule has 1 aliphatic rings. The Morgan fingerprint density at radius 2 is 1.96 bits per heavy atom. The van der Waals surface area contributed by atoms with Crippen molar-refractivity contribution in [3.8, 4) is 0 Å². The molecule has 1 unspecified atom stereocenters. The Kier molecular flexibility index (Phi) is 6.43. The van der Waals surface area contributed by atoms with Crippen LogP contribution < -0.4 is 5.32 Å². The quantitative estimate of drug-likeness (QED) is 0.790. The molecule has 1 N–H and O–H groups in total. The van der Waals surface area contributed by atoms with Crippen LogP contribution >= 0.6 is 11.6 Å². The van der Waals surface area contributed by atoms with Crippen molar-refractivity contribution in [3.63, 3.8) is 0 Å². The number of piperidine rings is 1. The molecule has 0 saturated carbocycles. The van der Waals surface area contributed by atoms with E-state index in [1.807, 2.05) is 25.1 Å². The zero-order chi connectivity index (χ0) is 20.3. The maximum Gasteiger partial charge on any atom is 0.251 e. The van der Waals surface area contributed by atoms with E-state index in [9.17, 15) is 13.2 Å². The number of sulfonamides is 1. The molecule has 0 spiro atoms. The summed E-state index contributed by atoms with van der Waals surface area (Å²) in [6.45, 7) is 4.52. The number of hydrogen-bond acceptors (Lipinski definition) is 3. The second kappa shape index (κ2) is 8.64. The van der Waals surface area contributed by atoms with Crippen LogP contribution in [0.5, 0.6) is 0 Å². The SMILES string of the molecule is Cc1ccc(S(=O)(=O)N2CCCCC2C)cc1C(=O)NCc1ccccc1Cl. The van der Waals surface area contributed by atoms with E-state index < -0.39 is 10.0 Å². The second-order valence-corrected chi connectivity index (χ2v) is 9.51. The molecule has 28 heavy (non-hydrogen) atoms. The van der Waals surface area contributed by atoms with Crippen LogP contribution in [0.1, 0.15) is 47.7 Å². The maximum atomic E-state index is 13.1. The Morgan fingerprint density at radius 1 is 1.21 bits per heavy atom. The Labute approximate surface area is 171 Å². The molecular weight excluding hydrogens is 396 g/mol. The standard InChI is InChI=1S/C21H25ClN2O3S/c1-15-10-11-18(28(26,27)24-12-6-5-7-16(24)2)13-19(15)21(25)23-14-17-8-3-4-9-20(17)22/h3-4,8-11,13,16H,5-7,12,14H2,1-2H3,(H,23,25). The third-order valence-corrected chi connectivity index (χ3v) is 7.58. The minimum Gasteiger partial charge on any atom is -0.348 e. The normalized spacial score (nSPS) is 18.0. The summed E-state index contributed by atoms with van der Waals surface area (Å²) in [6.07, 6.45) is 2.76. The van der Waals surface area contributed by atoms with Gasteiger partial charge in [-0.05, 0) is 56.0 Å². The van der Waals surface area contributed by atoms with E-state index in [4.69, 9.17) is 11.6 Å². The lowest BCUT2D eigenvalue weighted by Gasteiger charge is -2.32. The highest BCUT2D eigenvalue weighted by molar-refractivity contribution is 7.89. The van der Waals surface area contributed by atoms with Crippen molar-refractivity contribution in [2.45, 2.75) is 50.6 Å². The molecule has 1 fully saturated rings. The van der Waals surface area contributed by atoms with Crippen molar-refractivity contribution in [1.82, 2.24) is 9.62 Å². The van der Waals surface area contributed by atoms with E-state index in [0.29, 0.717) is 17.1 Å². The number of nitrogens with zero attached hydrogens (tertiary/aromatic N) is 1. The van der Waals surface area contributed by atoms with Crippen molar-refractivity contribution >= 4 is 27.5 Å². The number of aryl methyl sites for hydroxylation is 1. The highest BCUT2D eigenvalue weighted by atomic mass is 35.5. The van der Waals surface area contributed by atoms with E-state index in [2.05, 4.69) is 5.32 Å². The highest BCUT2D eigenvalue weighted by Crippen LogP contribution is 2.26. The minimum atomic E-state index is -3.63. The summed E-state index contributed by atoms with van der Waals surface area (Å²) in [4.78, 5) is 12.9. The second-order valence-electron chi connectivity index (χ2n) is 7.21. The van der Waals surface area contributed by atoms with Crippen LogP contribution in [0, 0.1) is 6.92 Å². The fraction of sp³-hybridized carbons (Fsp3) is 0.381. The van der Waals surface area contributed by atoms with Crippen molar-refractivity contribution in [2.75, 3.05) is 6.54 Å². The molecule has 0 aromatic heterocycles. The smallest absolute Gasteiger partial charge is 0.251 e. The number of rotatable bonds is 5. The van der Waals surface area contributed by atoms with Crippen molar-refractivity contribution in [1.29, 1.82) is 0 Å². The van der Waals surface area contributed by atoms with E-state index in [0.717, 1.165) is 30.4 Å². The van der Waals surface area contributed by atoms with Crippen LogP contribution in [0.15, 0.2) is 47.4 Å². The first-order valence-electron chi connectivity index (χ1n) is 9.45. The molecule has 0 aliphatic carbocycles. The van der Waals surface area contributed by atoms with Gasteiger partial charge < -0.3 is 5.32 Å². The van der Waals surface area contributed by atoms with Crippen LogP contribution in [0.25, 0.3) is 0 Å². The van der Waals surface area contributed by atoms with Gasteiger partial charge in [-0.15, -0.1) is 0 Å². The molecule has 2 aromatic carbocycles. The predicted octanol–water partition coefficient (Wildman–Crippen LogP) is 4.14. The molecule has 1 aliphatic heterocycles. The lowest BCUT2D eigenvalue weighted by Crippen LogP contribution is -2.42. The van der Waals surface area contributed by atoms with Crippen LogP contribution in [0.3, 0.4) is 0 Å². The van der Waals surface area contributed by atoms with Crippen LogP contribution in [0.2, 0.25) is 5.02 Å². The summed E-state index contributed by atoms with van der Waals surface area (Å²) < 4.78 is 27.7. The molecule has 1 atom stereocenters. The number of halogens is 1. The number of carbonyl (C=O) groups is 1. The molecule has 3 rings (SSSR count). The average Bonchev–Trinajstić information content (AvgIpc) is 2.67. The number of hydrogen-bond donors (Lipinski definition) is 1. The molecule has 7 heteroatoms. The van der Waals surface area contributed by atoms with Gasteiger partial charge in [0.2, 0.25) is 10.0 Å². The number of benzene rings is 2. The summed E-state index contributed by atoms with van der Waals surface area (Å²) >= 11 is 6.13. The third kappa shape index (κ3) is 4.40. The lowest BCUT2D eigenvalue weighted by molar-refractivity contribution is 0.0950. The van der Waals surface area contributed by atoms with Crippen molar-refractivity contribution in [3.05, 3.63) is 64.2 Å². The molecular formula is C21H25ClN2O3S. The predicted molar refractivity (Wildman–Crippen MR) is 111 cm³/mol. The van der Waals surface area contributed by atoms with Gasteiger partial charge in [-0.1, -0.05) is 42.3 Å². The number of carbonyl (C=O) groups excluding carboxylic acids is 1.